The maximum absolute atomic E-state index is 14.2. The van der Waals surface area contributed by atoms with Gasteiger partial charge in [0.15, 0.2) is 0 Å². The highest BCUT2D eigenvalue weighted by Gasteiger charge is 2.43. The molecule has 3 heterocycles. The molecule has 2 atom stereocenters. The Bertz CT molecular complexity index is 1730. The van der Waals surface area contributed by atoms with Crippen LogP contribution in [0.4, 0.5) is 13.2 Å². The van der Waals surface area contributed by atoms with E-state index >= 15 is 0 Å². The van der Waals surface area contributed by atoms with Crippen molar-refractivity contribution >= 4 is 27.8 Å². The number of hydrogen-bond acceptors (Lipinski definition) is 7. The maximum atomic E-state index is 14.2. The van der Waals surface area contributed by atoms with Crippen molar-refractivity contribution < 1.29 is 40.7 Å². The minimum atomic E-state index is -5.00. The average Bonchev–Trinajstić information content (AvgIpc) is 3.29. The van der Waals surface area contributed by atoms with Crippen molar-refractivity contribution in [3.63, 3.8) is 0 Å². The van der Waals surface area contributed by atoms with E-state index in [4.69, 9.17) is 4.74 Å². The molecule has 0 bridgehead atoms. The monoisotopic (exact) mass is 702 g/mol. The van der Waals surface area contributed by atoms with Gasteiger partial charge in [-0.15, -0.1) is 0 Å². The molecule has 10 nitrogen and oxygen atoms in total. The zero-order chi connectivity index (χ0) is 35.3. The third-order valence-electron chi connectivity index (χ3n) is 9.22. The van der Waals surface area contributed by atoms with Gasteiger partial charge in [-0.3, -0.25) is 14.5 Å². The first-order chi connectivity index (χ1) is 23.2. The van der Waals surface area contributed by atoms with Gasteiger partial charge in [-0.1, -0.05) is 59.7 Å². The van der Waals surface area contributed by atoms with Crippen LogP contribution in [-0.4, -0.2) is 99.0 Å². The van der Waals surface area contributed by atoms with Crippen LogP contribution in [0.15, 0.2) is 76.7 Å². The van der Waals surface area contributed by atoms with Crippen LogP contribution in [0.5, 0.6) is 0 Å². The summed E-state index contributed by atoms with van der Waals surface area (Å²) in [6, 6.07) is 12.1. The second-order valence-corrected chi connectivity index (χ2v) is 14.4. The number of halogens is 3. The number of ether oxygens (including phenoxy) is 1. The molecule has 0 aliphatic carbocycles. The Balaban J connectivity index is 1.39. The highest BCUT2D eigenvalue weighted by molar-refractivity contribution is 7.89. The number of nitrogens with one attached hydrogen (secondary N) is 1. The Morgan fingerprint density at radius 2 is 1.71 bits per heavy atom. The minimum Gasteiger partial charge on any atom is -0.467 e. The fraction of sp³-hybridized carbons (Fsp3) is 0.457. The van der Waals surface area contributed by atoms with Gasteiger partial charge in [0.1, 0.15) is 12.1 Å². The predicted octanol–water partition coefficient (Wildman–Crippen LogP) is 3.77. The van der Waals surface area contributed by atoms with E-state index in [-0.39, 0.29) is 50.2 Å². The van der Waals surface area contributed by atoms with Gasteiger partial charge in [-0.05, 0) is 67.9 Å². The number of fused-ring (bicyclic) bond motifs is 1. The van der Waals surface area contributed by atoms with Gasteiger partial charge in [0, 0.05) is 39.3 Å². The van der Waals surface area contributed by atoms with Gasteiger partial charge in [0.05, 0.1) is 12.0 Å². The average molecular weight is 703 g/mol. The van der Waals surface area contributed by atoms with Crippen molar-refractivity contribution in [2.24, 2.45) is 0 Å². The van der Waals surface area contributed by atoms with Gasteiger partial charge in [-0.25, -0.2) is 13.2 Å². The minimum absolute atomic E-state index is 0.0350. The first kappa shape index (κ1) is 36.3. The van der Waals surface area contributed by atoms with E-state index in [9.17, 15) is 36.0 Å². The zero-order valence-corrected chi connectivity index (χ0v) is 28.4. The number of rotatable bonds is 9. The molecule has 14 heteroatoms. The molecule has 0 aromatic heterocycles. The third kappa shape index (κ3) is 8.97. The molecule has 264 valence electrons. The number of alkyl halides is 3. The Hall–Kier alpha value is -4.01. The van der Waals surface area contributed by atoms with Crippen LogP contribution in [0.2, 0.25) is 0 Å². The highest BCUT2D eigenvalue weighted by Crippen LogP contribution is 2.27. The number of carbonyl (C=O) groups is 3. The summed E-state index contributed by atoms with van der Waals surface area (Å²) in [5.74, 6) is -3.10. The van der Waals surface area contributed by atoms with Gasteiger partial charge >= 0.3 is 18.1 Å². The van der Waals surface area contributed by atoms with Crippen LogP contribution in [0.25, 0.3) is 0 Å². The molecule has 0 saturated carbocycles. The summed E-state index contributed by atoms with van der Waals surface area (Å²) in [5.41, 5.74) is 4.06. The fourth-order valence-corrected chi connectivity index (χ4v) is 7.86. The number of carbonyl (C=O) groups excluding carboxylic acids is 3. The van der Waals surface area contributed by atoms with E-state index in [0.717, 1.165) is 28.2 Å². The summed E-state index contributed by atoms with van der Waals surface area (Å²) in [5, 5.41) is 0. The van der Waals surface area contributed by atoms with E-state index < -0.39 is 46.1 Å². The Morgan fingerprint density at radius 1 is 1.00 bits per heavy atom. The molecule has 0 saturated heterocycles. The van der Waals surface area contributed by atoms with Gasteiger partial charge in [0.2, 0.25) is 15.9 Å². The quantitative estimate of drug-likeness (QED) is 0.313. The lowest BCUT2D eigenvalue weighted by atomic mass is 9.97. The molecule has 0 fully saturated rings. The van der Waals surface area contributed by atoms with Gasteiger partial charge in [-0.2, -0.15) is 17.9 Å². The van der Waals surface area contributed by atoms with E-state index in [2.05, 4.69) is 9.62 Å². The molecule has 2 amide bonds. The van der Waals surface area contributed by atoms with E-state index in [1.165, 1.54) is 24.1 Å². The molecule has 2 aromatic rings. The Morgan fingerprint density at radius 3 is 2.41 bits per heavy atom. The molecular formula is C35H41F3N4O6S. The molecule has 0 unspecified atom stereocenters. The zero-order valence-electron chi connectivity index (χ0n) is 27.5. The predicted molar refractivity (Wildman–Crippen MR) is 176 cm³/mol. The third-order valence-corrected chi connectivity index (χ3v) is 10.7. The highest BCUT2D eigenvalue weighted by atomic mass is 32.2. The molecule has 3 aliphatic rings. The lowest BCUT2D eigenvalue weighted by Gasteiger charge is -2.36. The summed E-state index contributed by atoms with van der Waals surface area (Å²) < 4.78 is 74.8. The Kier molecular flexibility index (Phi) is 11.3. The smallest absolute Gasteiger partial charge is 0.467 e. The maximum Gasteiger partial charge on any atom is 0.471 e. The summed E-state index contributed by atoms with van der Waals surface area (Å²) in [4.78, 5) is 43.0. The van der Waals surface area contributed by atoms with Gasteiger partial charge in [0.25, 0.3) is 0 Å². The normalized spacial score (nSPS) is 19.7. The number of benzene rings is 2. The summed E-state index contributed by atoms with van der Waals surface area (Å²) >= 11 is 0. The topological polar surface area (TPSA) is 116 Å². The van der Waals surface area contributed by atoms with E-state index in [0.29, 0.717) is 30.6 Å². The van der Waals surface area contributed by atoms with Crippen molar-refractivity contribution in [3.8, 4) is 0 Å². The summed E-state index contributed by atoms with van der Waals surface area (Å²) in [6.07, 6.45) is 0.0431. The molecular weight excluding hydrogens is 661 g/mol. The molecule has 1 N–H and O–H groups in total. The first-order valence-corrected chi connectivity index (χ1v) is 17.7. The molecule has 2 aromatic carbocycles. The van der Waals surface area contributed by atoms with Crippen molar-refractivity contribution in [1.29, 1.82) is 0 Å². The van der Waals surface area contributed by atoms with Crippen LogP contribution in [0.1, 0.15) is 42.9 Å². The summed E-state index contributed by atoms with van der Waals surface area (Å²) in [6.45, 7) is 3.60. The van der Waals surface area contributed by atoms with Crippen molar-refractivity contribution in [2.45, 2.75) is 68.7 Å². The largest absolute Gasteiger partial charge is 0.471 e. The molecule has 0 radical (unpaired) electrons. The first-order valence-electron chi connectivity index (χ1n) is 16.2. The standard InChI is InChI=1S/C35H41F3N4O6S/c1-24-12-18-42(31(19-24)33(44)48-2)32(43)30(20-26-9-6-15-40(23-26)22-25-7-4-3-5-8-25)39-49(46,47)29-11-10-27-13-16-41(17-14-28(27)21-29)34(45)35(36,37)38/h3-5,7-12,21,30-31,39H,6,13-20,22-23H2,1-2H3/t30-,31+/m0/s1. The SMILES string of the molecule is COC(=O)[C@H]1CC(C)=CCN1C(=O)[C@H](CC1=CCCN(Cc2ccccc2)C1)NS(=O)(=O)c1ccc2c(c1)CCN(C(=O)C(F)(F)F)CC2. The van der Waals surface area contributed by atoms with Gasteiger partial charge < -0.3 is 14.5 Å². The second kappa shape index (κ2) is 15.3. The van der Waals surface area contributed by atoms with Crippen LogP contribution in [0.3, 0.4) is 0 Å². The van der Waals surface area contributed by atoms with Crippen LogP contribution < -0.4 is 4.72 Å². The van der Waals surface area contributed by atoms with Crippen molar-refractivity contribution in [2.75, 3.05) is 39.8 Å². The molecule has 0 spiro atoms. The number of nitrogens with zero attached hydrogens (tertiary/aromatic N) is 3. The van der Waals surface area contributed by atoms with Crippen molar-refractivity contribution in [3.05, 3.63) is 88.5 Å². The molecule has 49 heavy (non-hydrogen) atoms. The summed E-state index contributed by atoms with van der Waals surface area (Å²) in [7, 11) is -3.10. The number of sulfonamides is 1. The van der Waals surface area contributed by atoms with Crippen molar-refractivity contribution in [1.82, 2.24) is 19.4 Å². The van der Waals surface area contributed by atoms with E-state index in [1.54, 1.807) is 6.07 Å². The number of amides is 2. The number of esters is 1. The molecule has 5 rings (SSSR count). The number of methoxy groups -OCH3 is 1. The van der Waals surface area contributed by atoms with E-state index in [1.807, 2.05) is 49.4 Å². The molecule has 3 aliphatic heterocycles. The van der Waals surface area contributed by atoms with Crippen LogP contribution in [-0.2, 0) is 48.5 Å². The number of hydrogen-bond donors (Lipinski definition) is 1. The van der Waals surface area contributed by atoms with Crippen LogP contribution >= 0.6 is 0 Å². The second-order valence-electron chi connectivity index (χ2n) is 12.7. The lowest BCUT2D eigenvalue weighted by molar-refractivity contribution is -0.185. The van der Waals surface area contributed by atoms with Crippen LogP contribution in [0, 0.1) is 0 Å². The fourth-order valence-electron chi connectivity index (χ4n) is 6.62. The Labute approximate surface area is 284 Å². The lowest BCUT2D eigenvalue weighted by Crippen LogP contribution is -2.55.